The highest BCUT2D eigenvalue weighted by Gasteiger charge is 2.18. The Kier molecular flexibility index (Phi) is 57.2. The highest BCUT2D eigenvalue weighted by atomic mass is 16.3. The largest absolute Gasteiger partial charge is 0.394 e. The van der Waals surface area contributed by atoms with E-state index in [9.17, 15) is 15.0 Å². The Labute approximate surface area is 420 Å². The van der Waals surface area contributed by atoms with E-state index in [1.807, 2.05) is 6.08 Å². The molecule has 394 valence electrons. The lowest BCUT2D eigenvalue weighted by Crippen LogP contribution is -2.45. The van der Waals surface area contributed by atoms with Crippen LogP contribution in [0.1, 0.15) is 328 Å². The van der Waals surface area contributed by atoms with Gasteiger partial charge in [-0.25, -0.2) is 0 Å². The highest BCUT2D eigenvalue weighted by molar-refractivity contribution is 5.76. The molecule has 0 aliphatic carbocycles. The summed E-state index contributed by atoms with van der Waals surface area (Å²) in [6.07, 6.45) is 81.7. The number of aliphatic hydroxyl groups excluding tert-OH is 2. The first-order valence-corrected chi connectivity index (χ1v) is 30.4. The summed E-state index contributed by atoms with van der Waals surface area (Å²) < 4.78 is 0. The fourth-order valence-electron chi connectivity index (χ4n) is 9.39. The Morgan fingerprint density at radius 1 is 0.343 bits per heavy atom. The monoisotopic (exact) mass is 938 g/mol. The maximum Gasteiger partial charge on any atom is 0.220 e. The number of hydrogen-bond acceptors (Lipinski definition) is 3. The summed E-state index contributed by atoms with van der Waals surface area (Å²) in [5.41, 5.74) is 0. The van der Waals surface area contributed by atoms with Crippen LogP contribution in [0.25, 0.3) is 0 Å². The van der Waals surface area contributed by atoms with Crippen LogP contribution in [-0.4, -0.2) is 34.9 Å². The molecule has 0 aromatic carbocycles. The van der Waals surface area contributed by atoms with E-state index in [1.54, 1.807) is 6.08 Å². The van der Waals surface area contributed by atoms with Crippen molar-refractivity contribution in [3.05, 3.63) is 48.6 Å². The Hall–Kier alpha value is -1.65. The minimum absolute atomic E-state index is 0.0744. The molecule has 2 unspecified atom stereocenters. The Bertz CT molecular complexity index is 1060. The summed E-state index contributed by atoms with van der Waals surface area (Å²) in [7, 11) is 0. The predicted molar refractivity (Wildman–Crippen MR) is 299 cm³/mol. The normalized spacial score (nSPS) is 13.1. The molecule has 1 amide bonds. The Morgan fingerprint density at radius 3 is 0.866 bits per heavy atom. The van der Waals surface area contributed by atoms with Crippen LogP contribution in [0.2, 0.25) is 0 Å². The summed E-state index contributed by atoms with van der Waals surface area (Å²) in [6.45, 7) is 4.31. The minimum atomic E-state index is -0.870. The topological polar surface area (TPSA) is 69.6 Å². The van der Waals surface area contributed by atoms with Crippen molar-refractivity contribution in [1.82, 2.24) is 5.32 Å². The molecule has 4 nitrogen and oxygen atoms in total. The molecular formula is C63H119NO3. The van der Waals surface area contributed by atoms with Gasteiger partial charge in [0.2, 0.25) is 5.91 Å². The number of carbonyl (C=O) groups excluding carboxylic acids is 1. The van der Waals surface area contributed by atoms with Crippen molar-refractivity contribution in [2.45, 2.75) is 341 Å². The third kappa shape index (κ3) is 55.2. The number of hydrogen-bond donors (Lipinski definition) is 3. The third-order valence-electron chi connectivity index (χ3n) is 14.0. The fraction of sp³-hybridized carbons (Fsp3) is 0.857. The van der Waals surface area contributed by atoms with Gasteiger partial charge in [-0.2, -0.15) is 0 Å². The SMILES string of the molecule is CCCCCCCC/C=C/CC/C=C/CC/C=C/C(O)C(CO)NC(=O)CCCCCCCCCCCCCCCCCCC/C=C\CCCCCCCCCCCCCCCCCCCC. The molecule has 0 aromatic rings. The summed E-state index contributed by atoms with van der Waals surface area (Å²) in [5, 5.41) is 23.1. The van der Waals surface area contributed by atoms with Gasteiger partial charge >= 0.3 is 0 Å². The first-order chi connectivity index (χ1) is 33.2. The summed E-state index contributed by atoms with van der Waals surface area (Å²) in [5.74, 6) is -0.0744. The smallest absolute Gasteiger partial charge is 0.220 e. The molecule has 0 radical (unpaired) electrons. The van der Waals surface area contributed by atoms with E-state index in [0.717, 1.165) is 38.5 Å². The molecule has 0 rings (SSSR count). The van der Waals surface area contributed by atoms with Crippen LogP contribution in [0.4, 0.5) is 0 Å². The number of unbranched alkanes of at least 4 members (excludes halogenated alkanes) is 43. The van der Waals surface area contributed by atoms with Crippen molar-refractivity contribution >= 4 is 5.91 Å². The van der Waals surface area contributed by atoms with Crippen molar-refractivity contribution in [3.63, 3.8) is 0 Å². The van der Waals surface area contributed by atoms with E-state index in [2.05, 4.69) is 55.6 Å². The number of aliphatic hydroxyl groups is 2. The van der Waals surface area contributed by atoms with Crippen LogP contribution in [0.15, 0.2) is 48.6 Å². The summed E-state index contributed by atoms with van der Waals surface area (Å²) in [6, 6.07) is -0.645. The van der Waals surface area contributed by atoms with Crippen LogP contribution < -0.4 is 5.32 Å². The predicted octanol–water partition coefficient (Wildman–Crippen LogP) is 20.2. The first kappa shape index (κ1) is 65.3. The van der Waals surface area contributed by atoms with Gasteiger partial charge in [0.05, 0.1) is 18.8 Å². The second kappa shape index (κ2) is 58.7. The maximum absolute atomic E-state index is 12.5. The van der Waals surface area contributed by atoms with Crippen LogP contribution in [0.5, 0.6) is 0 Å². The molecule has 3 N–H and O–H groups in total. The average molecular weight is 939 g/mol. The van der Waals surface area contributed by atoms with E-state index >= 15 is 0 Å². The molecule has 0 aromatic heterocycles. The van der Waals surface area contributed by atoms with E-state index in [0.29, 0.717) is 6.42 Å². The lowest BCUT2D eigenvalue weighted by Gasteiger charge is -2.19. The second-order valence-electron chi connectivity index (χ2n) is 20.7. The number of rotatable bonds is 56. The van der Waals surface area contributed by atoms with Crippen molar-refractivity contribution in [3.8, 4) is 0 Å². The quantitative estimate of drug-likeness (QED) is 0.0420. The van der Waals surface area contributed by atoms with E-state index < -0.39 is 12.1 Å². The zero-order chi connectivity index (χ0) is 48.5. The van der Waals surface area contributed by atoms with Crippen LogP contribution in [0.3, 0.4) is 0 Å². The molecule has 2 atom stereocenters. The molecular weight excluding hydrogens is 819 g/mol. The van der Waals surface area contributed by atoms with Crippen molar-refractivity contribution < 1.29 is 15.0 Å². The highest BCUT2D eigenvalue weighted by Crippen LogP contribution is 2.17. The maximum atomic E-state index is 12.5. The zero-order valence-electron chi connectivity index (χ0n) is 45.4. The molecule has 0 aliphatic rings. The van der Waals surface area contributed by atoms with Gasteiger partial charge < -0.3 is 15.5 Å². The fourth-order valence-corrected chi connectivity index (χ4v) is 9.39. The van der Waals surface area contributed by atoms with E-state index in [-0.39, 0.29) is 12.5 Å². The van der Waals surface area contributed by atoms with Gasteiger partial charge in [0.25, 0.3) is 0 Å². The lowest BCUT2D eigenvalue weighted by atomic mass is 10.0. The van der Waals surface area contributed by atoms with Crippen LogP contribution >= 0.6 is 0 Å². The first-order valence-electron chi connectivity index (χ1n) is 30.4. The number of carbonyl (C=O) groups is 1. The molecule has 0 aliphatic heterocycles. The van der Waals surface area contributed by atoms with Gasteiger partial charge in [-0.1, -0.05) is 300 Å². The Balaban J connectivity index is 3.42. The van der Waals surface area contributed by atoms with Crippen molar-refractivity contribution in [2.24, 2.45) is 0 Å². The summed E-state index contributed by atoms with van der Waals surface area (Å²) >= 11 is 0. The molecule has 0 saturated carbocycles. The van der Waals surface area contributed by atoms with Crippen molar-refractivity contribution in [1.29, 1.82) is 0 Å². The van der Waals surface area contributed by atoms with E-state index in [1.165, 1.54) is 270 Å². The van der Waals surface area contributed by atoms with Gasteiger partial charge in [-0.05, 0) is 70.6 Å². The zero-order valence-corrected chi connectivity index (χ0v) is 45.4. The Morgan fingerprint density at radius 2 is 0.582 bits per heavy atom. The molecule has 0 heterocycles. The second-order valence-corrected chi connectivity index (χ2v) is 20.7. The number of allylic oxidation sites excluding steroid dienone is 7. The van der Waals surface area contributed by atoms with E-state index in [4.69, 9.17) is 0 Å². The van der Waals surface area contributed by atoms with Gasteiger partial charge in [0.15, 0.2) is 0 Å². The van der Waals surface area contributed by atoms with Gasteiger partial charge in [-0.3, -0.25) is 4.79 Å². The van der Waals surface area contributed by atoms with Crippen molar-refractivity contribution in [2.75, 3.05) is 6.61 Å². The van der Waals surface area contributed by atoms with Gasteiger partial charge in [-0.15, -0.1) is 0 Å². The van der Waals surface area contributed by atoms with Crippen LogP contribution in [0, 0.1) is 0 Å². The molecule has 0 saturated heterocycles. The minimum Gasteiger partial charge on any atom is -0.394 e. The number of amides is 1. The average Bonchev–Trinajstić information content (AvgIpc) is 3.33. The lowest BCUT2D eigenvalue weighted by molar-refractivity contribution is -0.123. The van der Waals surface area contributed by atoms with Gasteiger partial charge in [0.1, 0.15) is 0 Å². The molecule has 0 spiro atoms. The molecule has 0 bridgehead atoms. The standard InChI is InChI=1S/C63H119NO3/c1-3-5-7-9-11-13-15-17-19-21-22-23-24-25-26-27-28-29-30-31-32-33-34-35-36-37-38-39-40-41-42-43-45-47-49-51-53-55-57-59-63(67)64-61(60-65)62(66)58-56-54-52-50-48-46-44-20-18-16-14-12-10-8-6-4-2/h18,20,31-32,48,50,56,58,61-62,65-66H,3-17,19,21-30,33-47,49,51-55,57,59-60H2,1-2H3,(H,64,67)/b20-18+,32-31-,50-48+,58-56+. The third-order valence-corrected chi connectivity index (χ3v) is 14.0. The molecule has 4 heteroatoms. The van der Waals surface area contributed by atoms with Crippen LogP contribution in [-0.2, 0) is 4.79 Å². The molecule has 0 fully saturated rings. The molecule has 67 heavy (non-hydrogen) atoms. The summed E-state index contributed by atoms with van der Waals surface area (Å²) in [4.78, 5) is 12.5. The van der Waals surface area contributed by atoms with Gasteiger partial charge in [0, 0.05) is 6.42 Å². The number of nitrogens with one attached hydrogen (secondary N) is 1.